The van der Waals surface area contributed by atoms with Gasteiger partial charge in [-0.05, 0) is 60.1 Å². The van der Waals surface area contributed by atoms with Crippen LogP contribution >= 0.6 is 0 Å². The van der Waals surface area contributed by atoms with Gasteiger partial charge in [0.25, 0.3) is 0 Å². The quantitative estimate of drug-likeness (QED) is 0.750. The van der Waals surface area contributed by atoms with Crippen LogP contribution in [-0.2, 0) is 6.54 Å². The van der Waals surface area contributed by atoms with E-state index in [-0.39, 0.29) is 5.56 Å². The zero-order valence-electron chi connectivity index (χ0n) is 14.8. The van der Waals surface area contributed by atoms with E-state index in [2.05, 4.69) is 15.1 Å². The zero-order chi connectivity index (χ0) is 19.0. The highest BCUT2D eigenvalue weighted by atomic mass is 19.1. The highest BCUT2D eigenvalue weighted by molar-refractivity contribution is 5.83. The molecule has 1 aromatic heterocycles. The lowest BCUT2D eigenvalue weighted by Crippen LogP contribution is -2.16. The molecule has 1 aliphatic rings. The van der Waals surface area contributed by atoms with Gasteiger partial charge in [0.15, 0.2) is 0 Å². The van der Waals surface area contributed by atoms with Gasteiger partial charge in [-0.25, -0.2) is 8.78 Å². The summed E-state index contributed by atoms with van der Waals surface area (Å²) in [6.45, 7) is 1.32. The number of aromatic nitrogens is 2. The highest BCUT2D eigenvalue weighted by Crippen LogP contribution is 2.33. The molecule has 0 spiro atoms. The number of nitrogens with zero attached hydrogens (tertiary/aromatic N) is 3. The van der Waals surface area contributed by atoms with Gasteiger partial charge in [-0.2, -0.15) is 0 Å². The summed E-state index contributed by atoms with van der Waals surface area (Å²) < 4.78 is 28.2. The number of nitrogen functional groups attached to an aromatic ring is 1. The summed E-state index contributed by atoms with van der Waals surface area (Å²) in [6, 6.07) is 12.9. The first-order chi connectivity index (χ1) is 13.0. The maximum atomic E-state index is 14.4. The molecule has 0 unspecified atom stereocenters. The van der Waals surface area contributed by atoms with E-state index in [1.165, 1.54) is 6.07 Å². The van der Waals surface area contributed by atoms with E-state index >= 15 is 0 Å². The molecule has 6 heteroatoms. The standard InChI is InChI=1S/C21H18F2N4/c1-27-9-8-17(18-11-15(22)3-5-19(18)23)16-4-2-13(10-14(16)12-27)20-6-7-21(24)26-25-20/h2-8,10-11H,9,12H2,1H3,(H2,24,26). The third-order valence-electron chi connectivity index (χ3n) is 4.64. The van der Waals surface area contributed by atoms with Crippen molar-refractivity contribution < 1.29 is 8.78 Å². The molecular weight excluding hydrogens is 346 g/mol. The molecule has 0 bridgehead atoms. The van der Waals surface area contributed by atoms with Crippen LogP contribution in [-0.4, -0.2) is 28.7 Å². The molecule has 3 aromatic rings. The minimum absolute atomic E-state index is 0.270. The average molecular weight is 364 g/mol. The fraction of sp³-hybridized carbons (Fsp3) is 0.143. The first-order valence-corrected chi connectivity index (χ1v) is 8.58. The molecule has 0 fully saturated rings. The number of nitrogens with two attached hydrogens (primary N) is 1. The Hall–Kier alpha value is -3.12. The van der Waals surface area contributed by atoms with E-state index in [1.54, 1.807) is 6.07 Å². The smallest absolute Gasteiger partial charge is 0.146 e. The Morgan fingerprint density at radius 2 is 1.81 bits per heavy atom. The van der Waals surface area contributed by atoms with Crippen molar-refractivity contribution in [2.45, 2.75) is 6.54 Å². The Morgan fingerprint density at radius 1 is 0.963 bits per heavy atom. The summed E-state index contributed by atoms with van der Waals surface area (Å²) in [7, 11) is 1.99. The van der Waals surface area contributed by atoms with Gasteiger partial charge < -0.3 is 5.73 Å². The molecule has 1 aliphatic heterocycles. The van der Waals surface area contributed by atoms with E-state index in [9.17, 15) is 8.78 Å². The zero-order valence-corrected chi connectivity index (χ0v) is 14.8. The van der Waals surface area contributed by atoms with Crippen LogP contribution in [0.3, 0.4) is 0 Å². The Kier molecular flexibility index (Phi) is 4.41. The van der Waals surface area contributed by atoms with Crippen LogP contribution in [0.2, 0.25) is 0 Å². The summed E-state index contributed by atoms with van der Waals surface area (Å²) in [5.74, 6) is -0.535. The molecule has 0 saturated carbocycles. The Bertz CT molecular complexity index is 1030. The molecule has 0 aliphatic carbocycles. The van der Waals surface area contributed by atoms with Crippen LogP contribution in [0, 0.1) is 11.6 Å². The van der Waals surface area contributed by atoms with Crippen molar-refractivity contribution in [3.8, 4) is 11.3 Å². The lowest BCUT2D eigenvalue weighted by atomic mass is 9.92. The molecular formula is C21H18F2N4. The molecule has 4 rings (SSSR count). The van der Waals surface area contributed by atoms with Gasteiger partial charge in [-0.3, -0.25) is 4.90 Å². The predicted octanol–water partition coefficient (Wildman–Crippen LogP) is 3.88. The van der Waals surface area contributed by atoms with Crippen molar-refractivity contribution in [1.29, 1.82) is 0 Å². The van der Waals surface area contributed by atoms with Crippen LogP contribution in [0.4, 0.5) is 14.6 Å². The van der Waals surface area contributed by atoms with Crippen LogP contribution in [0.1, 0.15) is 16.7 Å². The summed E-state index contributed by atoms with van der Waals surface area (Å²) in [6.07, 6.45) is 1.94. The number of likely N-dealkylation sites (N-methyl/N-ethyl adjacent to an activating group) is 1. The molecule has 0 radical (unpaired) electrons. The SMILES string of the molecule is CN1CC=C(c2cc(F)ccc2F)c2ccc(-c3ccc(N)nn3)cc2C1. The summed E-state index contributed by atoms with van der Waals surface area (Å²) in [5.41, 5.74) is 10.1. The van der Waals surface area contributed by atoms with E-state index in [0.29, 0.717) is 30.2 Å². The van der Waals surface area contributed by atoms with E-state index in [4.69, 9.17) is 5.73 Å². The lowest BCUT2D eigenvalue weighted by molar-refractivity contribution is 0.366. The van der Waals surface area contributed by atoms with Crippen LogP contribution in [0.25, 0.3) is 16.8 Å². The molecule has 136 valence electrons. The van der Waals surface area contributed by atoms with Crippen LogP contribution in [0.5, 0.6) is 0 Å². The third kappa shape index (κ3) is 3.44. The maximum Gasteiger partial charge on any atom is 0.146 e. The number of hydrogen-bond acceptors (Lipinski definition) is 4. The second kappa shape index (κ2) is 6.89. The van der Waals surface area contributed by atoms with Crippen LogP contribution < -0.4 is 5.73 Å². The van der Waals surface area contributed by atoms with Gasteiger partial charge in [0.2, 0.25) is 0 Å². The number of anilines is 1. The van der Waals surface area contributed by atoms with Gasteiger partial charge >= 0.3 is 0 Å². The van der Waals surface area contributed by atoms with Crippen LogP contribution in [0.15, 0.2) is 54.6 Å². The Balaban J connectivity index is 1.84. The highest BCUT2D eigenvalue weighted by Gasteiger charge is 2.19. The number of benzene rings is 2. The monoisotopic (exact) mass is 364 g/mol. The van der Waals surface area contributed by atoms with Crippen molar-refractivity contribution in [3.63, 3.8) is 0 Å². The van der Waals surface area contributed by atoms with Crippen molar-refractivity contribution >= 4 is 11.4 Å². The van der Waals surface area contributed by atoms with Crippen molar-refractivity contribution in [2.24, 2.45) is 0 Å². The normalized spacial score (nSPS) is 14.4. The fourth-order valence-corrected chi connectivity index (χ4v) is 3.31. The van der Waals surface area contributed by atoms with Gasteiger partial charge in [0.05, 0.1) is 5.69 Å². The minimum Gasteiger partial charge on any atom is -0.382 e. The molecule has 27 heavy (non-hydrogen) atoms. The molecule has 0 amide bonds. The Morgan fingerprint density at radius 3 is 2.59 bits per heavy atom. The second-order valence-electron chi connectivity index (χ2n) is 6.65. The van der Waals surface area contributed by atoms with Gasteiger partial charge in [0.1, 0.15) is 17.5 Å². The summed E-state index contributed by atoms with van der Waals surface area (Å²) in [5, 5.41) is 8.03. The van der Waals surface area contributed by atoms with Gasteiger partial charge in [-0.15, -0.1) is 10.2 Å². The van der Waals surface area contributed by atoms with Gasteiger partial charge in [-0.1, -0.05) is 18.2 Å². The maximum absolute atomic E-state index is 14.4. The average Bonchev–Trinajstić information content (AvgIpc) is 2.82. The largest absolute Gasteiger partial charge is 0.382 e. The minimum atomic E-state index is -0.458. The third-order valence-corrected chi connectivity index (χ3v) is 4.64. The Labute approximate surface area is 156 Å². The second-order valence-corrected chi connectivity index (χ2v) is 6.65. The van der Waals surface area contributed by atoms with Crippen molar-refractivity contribution in [1.82, 2.24) is 15.1 Å². The fourth-order valence-electron chi connectivity index (χ4n) is 3.31. The predicted molar refractivity (Wildman–Crippen MR) is 102 cm³/mol. The summed E-state index contributed by atoms with van der Waals surface area (Å²) >= 11 is 0. The molecule has 0 atom stereocenters. The molecule has 2 aromatic carbocycles. The first kappa shape index (κ1) is 17.3. The van der Waals surface area contributed by atoms with E-state index < -0.39 is 11.6 Å². The topological polar surface area (TPSA) is 55.0 Å². The van der Waals surface area contributed by atoms with Gasteiger partial charge in [0, 0.05) is 24.2 Å². The summed E-state index contributed by atoms with van der Waals surface area (Å²) in [4.78, 5) is 2.11. The van der Waals surface area contributed by atoms with E-state index in [0.717, 1.165) is 28.8 Å². The number of hydrogen-bond donors (Lipinski definition) is 1. The van der Waals surface area contributed by atoms with Crippen molar-refractivity contribution in [3.05, 3.63) is 82.9 Å². The molecule has 2 heterocycles. The molecule has 0 saturated heterocycles. The lowest BCUT2D eigenvalue weighted by Gasteiger charge is -2.15. The molecule has 2 N–H and O–H groups in total. The molecule has 4 nitrogen and oxygen atoms in total. The van der Waals surface area contributed by atoms with Crippen molar-refractivity contribution in [2.75, 3.05) is 19.3 Å². The number of halogens is 2. The number of rotatable bonds is 2. The first-order valence-electron chi connectivity index (χ1n) is 8.58. The number of fused-ring (bicyclic) bond motifs is 1. The van der Waals surface area contributed by atoms with E-state index in [1.807, 2.05) is 37.4 Å².